The van der Waals surface area contributed by atoms with E-state index in [9.17, 15) is 13.2 Å². The minimum atomic E-state index is -4.70. The van der Waals surface area contributed by atoms with Crippen molar-refractivity contribution in [2.24, 2.45) is 0 Å². The van der Waals surface area contributed by atoms with Gasteiger partial charge in [-0.05, 0) is 24.1 Å². The van der Waals surface area contributed by atoms with E-state index in [1.54, 1.807) is 23.1 Å². The Balaban J connectivity index is 2.16. The van der Waals surface area contributed by atoms with Gasteiger partial charge in [0.05, 0.1) is 6.20 Å². The van der Waals surface area contributed by atoms with Gasteiger partial charge in [0.2, 0.25) is 0 Å². The molecule has 2 rings (SSSR count). The molecule has 0 spiro atoms. The van der Waals surface area contributed by atoms with Gasteiger partial charge in [-0.3, -0.25) is 4.68 Å². The van der Waals surface area contributed by atoms with Gasteiger partial charge in [-0.25, -0.2) is 0 Å². The molecule has 1 aromatic carbocycles. The summed E-state index contributed by atoms with van der Waals surface area (Å²) in [7, 11) is 0. The Morgan fingerprint density at radius 1 is 1.25 bits per heavy atom. The maximum atomic E-state index is 12.2. The third-order valence-electron chi connectivity index (χ3n) is 2.58. The fourth-order valence-corrected chi connectivity index (χ4v) is 1.74. The van der Waals surface area contributed by atoms with Crippen molar-refractivity contribution in [2.75, 3.05) is 6.61 Å². The van der Waals surface area contributed by atoms with Crippen LogP contribution in [0.4, 0.5) is 13.2 Å². The fraction of sp³-hybridized carbons (Fsp3) is 0.308. The van der Waals surface area contributed by atoms with Crippen LogP contribution in [0, 0.1) is 0 Å². The number of nitrogens with zero attached hydrogens (tertiary/aromatic N) is 2. The van der Waals surface area contributed by atoms with Gasteiger partial charge in [-0.2, -0.15) is 5.10 Å². The average Bonchev–Trinajstić information content (AvgIpc) is 2.83. The molecule has 0 aliphatic heterocycles. The van der Waals surface area contributed by atoms with Crippen molar-refractivity contribution in [1.29, 1.82) is 0 Å². The summed E-state index contributed by atoms with van der Waals surface area (Å²) >= 11 is 0. The largest absolute Gasteiger partial charge is 0.573 e. The van der Waals surface area contributed by atoms with Crippen LogP contribution in [0.25, 0.3) is 11.1 Å². The van der Waals surface area contributed by atoms with Gasteiger partial charge in [-0.1, -0.05) is 12.1 Å². The van der Waals surface area contributed by atoms with Crippen LogP contribution in [0.1, 0.15) is 6.42 Å². The second kappa shape index (κ2) is 5.96. The number of alkyl halides is 3. The molecule has 0 saturated carbocycles. The third kappa shape index (κ3) is 3.99. The number of aliphatic hydroxyl groups excluding tert-OH is 1. The van der Waals surface area contributed by atoms with Crippen LogP contribution in [0.2, 0.25) is 0 Å². The molecule has 2 aromatic rings. The lowest BCUT2D eigenvalue weighted by Gasteiger charge is -2.09. The van der Waals surface area contributed by atoms with Crippen molar-refractivity contribution in [3.05, 3.63) is 36.7 Å². The first kappa shape index (κ1) is 14.4. The van der Waals surface area contributed by atoms with Gasteiger partial charge in [0.15, 0.2) is 0 Å². The molecule has 0 fully saturated rings. The number of halogens is 3. The predicted octanol–water partition coefficient (Wildman–Crippen LogP) is 2.83. The molecule has 0 bridgehead atoms. The van der Waals surface area contributed by atoms with Crippen LogP contribution in [-0.4, -0.2) is 27.9 Å². The van der Waals surface area contributed by atoms with Gasteiger partial charge in [0.25, 0.3) is 0 Å². The summed E-state index contributed by atoms with van der Waals surface area (Å²) in [6.07, 6.45) is -0.866. The Bertz CT molecular complexity index is 567. The number of benzene rings is 1. The lowest BCUT2D eigenvalue weighted by Crippen LogP contribution is -2.17. The number of aryl methyl sites for hydroxylation is 1. The molecule has 0 aliphatic carbocycles. The van der Waals surface area contributed by atoms with E-state index >= 15 is 0 Å². The fourth-order valence-electron chi connectivity index (χ4n) is 1.74. The summed E-state index contributed by atoms with van der Waals surface area (Å²) in [6, 6.07) is 5.71. The summed E-state index contributed by atoms with van der Waals surface area (Å²) in [5, 5.41) is 12.8. The van der Waals surface area contributed by atoms with Crippen molar-refractivity contribution in [3.63, 3.8) is 0 Å². The maximum Gasteiger partial charge on any atom is 0.573 e. The molecular formula is C13H13F3N2O2. The summed E-state index contributed by atoms with van der Waals surface area (Å²) in [5.41, 5.74) is 1.28. The van der Waals surface area contributed by atoms with Crippen LogP contribution in [-0.2, 0) is 6.54 Å². The van der Waals surface area contributed by atoms with Gasteiger partial charge in [0, 0.05) is 24.9 Å². The van der Waals surface area contributed by atoms with Crippen molar-refractivity contribution in [3.8, 4) is 16.9 Å². The maximum absolute atomic E-state index is 12.2. The SMILES string of the molecule is OCCCn1cc(-c2cccc(OC(F)(F)F)c2)cn1. The van der Waals surface area contributed by atoms with Crippen molar-refractivity contribution >= 4 is 0 Å². The Morgan fingerprint density at radius 2 is 2.05 bits per heavy atom. The van der Waals surface area contributed by atoms with Crippen LogP contribution in [0.15, 0.2) is 36.7 Å². The highest BCUT2D eigenvalue weighted by Crippen LogP contribution is 2.27. The molecule has 0 saturated heterocycles. The van der Waals surface area contributed by atoms with E-state index in [4.69, 9.17) is 5.11 Å². The smallest absolute Gasteiger partial charge is 0.406 e. The van der Waals surface area contributed by atoms with E-state index in [1.807, 2.05) is 0 Å². The molecule has 7 heteroatoms. The van der Waals surface area contributed by atoms with Crippen LogP contribution in [0.3, 0.4) is 0 Å². The zero-order valence-corrected chi connectivity index (χ0v) is 10.5. The lowest BCUT2D eigenvalue weighted by molar-refractivity contribution is -0.274. The molecular weight excluding hydrogens is 273 g/mol. The number of aliphatic hydroxyl groups is 1. The normalized spacial score (nSPS) is 11.6. The first-order valence-electron chi connectivity index (χ1n) is 5.97. The highest BCUT2D eigenvalue weighted by atomic mass is 19.4. The first-order valence-corrected chi connectivity index (χ1v) is 5.97. The van der Waals surface area contributed by atoms with E-state index in [-0.39, 0.29) is 12.4 Å². The minimum absolute atomic E-state index is 0.0596. The standard InChI is InChI=1S/C13H13F3N2O2/c14-13(15,16)20-12-4-1-3-10(7-12)11-8-17-18(9-11)5-2-6-19/h1,3-4,7-9,19H,2,5-6H2. The van der Waals surface area contributed by atoms with Crippen molar-refractivity contribution in [1.82, 2.24) is 9.78 Å². The van der Waals surface area contributed by atoms with E-state index in [2.05, 4.69) is 9.84 Å². The highest BCUT2D eigenvalue weighted by molar-refractivity contribution is 5.63. The van der Waals surface area contributed by atoms with Gasteiger partial charge in [0.1, 0.15) is 5.75 Å². The number of hydrogen-bond acceptors (Lipinski definition) is 3. The molecule has 0 aliphatic rings. The van der Waals surface area contributed by atoms with Gasteiger partial charge >= 0.3 is 6.36 Å². The number of ether oxygens (including phenoxy) is 1. The summed E-state index contributed by atoms with van der Waals surface area (Å²) in [4.78, 5) is 0. The van der Waals surface area contributed by atoms with E-state index < -0.39 is 6.36 Å². The summed E-state index contributed by atoms with van der Waals surface area (Å²) in [5.74, 6) is -0.266. The van der Waals surface area contributed by atoms with Crippen LogP contribution in [0.5, 0.6) is 5.75 Å². The zero-order chi connectivity index (χ0) is 14.6. The monoisotopic (exact) mass is 286 g/mol. The van der Waals surface area contributed by atoms with Crippen LogP contribution < -0.4 is 4.74 Å². The van der Waals surface area contributed by atoms with Crippen molar-refractivity contribution < 1.29 is 23.0 Å². The van der Waals surface area contributed by atoms with Gasteiger partial charge < -0.3 is 9.84 Å². The Morgan fingerprint density at radius 3 is 2.75 bits per heavy atom. The molecule has 1 heterocycles. The summed E-state index contributed by atoms with van der Waals surface area (Å²) in [6.45, 7) is 0.610. The predicted molar refractivity (Wildman–Crippen MR) is 66.0 cm³/mol. The minimum Gasteiger partial charge on any atom is -0.406 e. The quantitative estimate of drug-likeness (QED) is 0.919. The number of rotatable bonds is 5. The zero-order valence-electron chi connectivity index (χ0n) is 10.5. The molecule has 20 heavy (non-hydrogen) atoms. The van der Waals surface area contributed by atoms with E-state index in [0.717, 1.165) is 0 Å². The Kier molecular flexibility index (Phi) is 4.29. The molecule has 108 valence electrons. The molecule has 0 amide bonds. The van der Waals surface area contributed by atoms with E-state index in [1.165, 1.54) is 18.2 Å². The molecule has 1 aromatic heterocycles. The Labute approximate surface area is 113 Å². The molecule has 1 N–H and O–H groups in total. The molecule has 0 atom stereocenters. The summed E-state index contributed by atoms with van der Waals surface area (Å²) < 4.78 is 42.0. The van der Waals surface area contributed by atoms with E-state index in [0.29, 0.717) is 24.1 Å². The van der Waals surface area contributed by atoms with Crippen LogP contribution >= 0.6 is 0 Å². The highest BCUT2D eigenvalue weighted by Gasteiger charge is 2.31. The van der Waals surface area contributed by atoms with Crippen molar-refractivity contribution in [2.45, 2.75) is 19.3 Å². The number of hydrogen-bond donors (Lipinski definition) is 1. The lowest BCUT2D eigenvalue weighted by atomic mass is 10.1. The second-order valence-electron chi connectivity index (χ2n) is 4.14. The topological polar surface area (TPSA) is 47.3 Å². The van der Waals surface area contributed by atoms with Gasteiger partial charge in [-0.15, -0.1) is 13.2 Å². The molecule has 0 radical (unpaired) electrons. The first-order chi connectivity index (χ1) is 9.48. The average molecular weight is 286 g/mol. The Hall–Kier alpha value is -2.02. The second-order valence-corrected chi connectivity index (χ2v) is 4.14. The third-order valence-corrected chi connectivity index (χ3v) is 2.58. The number of aromatic nitrogens is 2. The molecule has 4 nitrogen and oxygen atoms in total. The molecule has 0 unspecified atom stereocenters.